The number of thioether (sulfide) groups is 2. The third-order valence-corrected chi connectivity index (χ3v) is 8.13. The molecule has 0 aliphatic rings. The Bertz CT molecular complexity index is 795. The van der Waals surface area contributed by atoms with Gasteiger partial charge in [-0.2, -0.15) is 23.5 Å². The van der Waals surface area contributed by atoms with Gasteiger partial charge in [0.1, 0.15) is 0 Å². The van der Waals surface area contributed by atoms with Crippen molar-refractivity contribution < 1.29 is 9.59 Å². The van der Waals surface area contributed by atoms with Crippen LogP contribution in [0.3, 0.4) is 0 Å². The zero-order valence-electron chi connectivity index (χ0n) is 21.1. The Morgan fingerprint density at radius 1 is 0.676 bits per heavy atom. The smallest absolute Gasteiger partial charge is 0.234 e. The summed E-state index contributed by atoms with van der Waals surface area (Å²) in [4.78, 5) is 24.3. The average molecular weight is 501 g/mol. The second kappa shape index (κ2) is 15.9. The largest absolute Gasteiger partial charge is 0.325 e. The molecule has 0 bridgehead atoms. The van der Waals surface area contributed by atoms with E-state index in [2.05, 4.69) is 62.6 Å². The molecule has 2 aromatic rings. The van der Waals surface area contributed by atoms with E-state index in [4.69, 9.17) is 0 Å². The molecular formula is C28H40N2O2S2. The van der Waals surface area contributed by atoms with Crippen molar-refractivity contribution in [1.29, 1.82) is 0 Å². The van der Waals surface area contributed by atoms with Crippen molar-refractivity contribution >= 4 is 46.7 Å². The summed E-state index contributed by atoms with van der Waals surface area (Å²) < 4.78 is 0. The molecule has 0 saturated carbocycles. The van der Waals surface area contributed by atoms with Crippen molar-refractivity contribution in [3.05, 3.63) is 59.7 Å². The van der Waals surface area contributed by atoms with Crippen molar-refractivity contribution in [2.75, 3.05) is 33.6 Å². The Morgan fingerprint density at radius 2 is 1.03 bits per heavy atom. The van der Waals surface area contributed by atoms with E-state index in [-0.39, 0.29) is 11.8 Å². The second-order valence-electron chi connectivity index (χ2n) is 8.77. The first-order chi connectivity index (χ1) is 16.4. The molecule has 0 saturated heterocycles. The van der Waals surface area contributed by atoms with Gasteiger partial charge in [-0.1, -0.05) is 52.0 Å². The topological polar surface area (TPSA) is 58.2 Å². The summed E-state index contributed by atoms with van der Waals surface area (Å²) in [6, 6.07) is 16.3. The van der Waals surface area contributed by atoms with Crippen LogP contribution in [-0.2, 0) is 9.59 Å². The third kappa shape index (κ3) is 10.6. The van der Waals surface area contributed by atoms with Crippen LogP contribution < -0.4 is 10.6 Å². The first-order valence-electron chi connectivity index (χ1n) is 12.4. The van der Waals surface area contributed by atoms with Gasteiger partial charge in [-0.05, 0) is 84.4 Å². The van der Waals surface area contributed by atoms with Crippen molar-refractivity contribution in [1.82, 2.24) is 0 Å². The lowest BCUT2D eigenvalue weighted by atomic mass is 9.99. The highest BCUT2D eigenvalue weighted by Gasteiger charge is 2.07. The summed E-state index contributed by atoms with van der Waals surface area (Å²) in [7, 11) is 0. The van der Waals surface area contributed by atoms with Gasteiger partial charge in [0, 0.05) is 11.4 Å². The van der Waals surface area contributed by atoms with Crippen molar-refractivity contribution in [2.45, 2.75) is 65.2 Å². The maximum absolute atomic E-state index is 12.1. The molecule has 0 spiro atoms. The highest BCUT2D eigenvalue weighted by atomic mass is 32.2. The highest BCUT2D eigenvalue weighted by molar-refractivity contribution is 8.00. The maximum atomic E-state index is 12.1. The average Bonchev–Trinajstić information content (AvgIpc) is 2.85. The van der Waals surface area contributed by atoms with Gasteiger partial charge in [0.25, 0.3) is 0 Å². The molecule has 4 nitrogen and oxygen atoms in total. The fourth-order valence-electron chi connectivity index (χ4n) is 3.39. The number of nitrogens with one attached hydrogen (secondary N) is 2. The normalized spacial score (nSPS) is 12.7. The summed E-state index contributed by atoms with van der Waals surface area (Å²) >= 11 is 3.32. The fourth-order valence-corrected chi connectivity index (χ4v) is 5.01. The standard InChI is InChI=1S/C28H40N2O2S2/c1-5-21(3)23-9-13-25(14-10-23)29-27(31)19-33-17-7-8-18-34-20-28(32)30-26-15-11-24(12-16-26)22(4)6-2/h9-16,21-22H,5-8,17-20H2,1-4H3,(H,29,31)(H,30,32). The molecular weight excluding hydrogens is 460 g/mol. The summed E-state index contributed by atoms with van der Waals surface area (Å²) in [5.74, 6) is 4.02. The first kappa shape index (κ1) is 28.3. The molecule has 0 aliphatic heterocycles. The Hall–Kier alpha value is -1.92. The Labute approximate surface area is 214 Å². The van der Waals surface area contributed by atoms with E-state index in [0.29, 0.717) is 23.3 Å². The number of unbranched alkanes of at least 4 members (excludes halogenated alkanes) is 1. The van der Waals surface area contributed by atoms with Crippen LogP contribution in [0.2, 0.25) is 0 Å². The third-order valence-electron chi connectivity index (χ3n) is 6.05. The molecule has 34 heavy (non-hydrogen) atoms. The Morgan fingerprint density at radius 3 is 1.35 bits per heavy atom. The summed E-state index contributed by atoms with van der Waals surface area (Å²) in [6.45, 7) is 8.79. The maximum Gasteiger partial charge on any atom is 0.234 e. The van der Waals surface area contributed by atoms with E-state index < -0.39 is 0 Å². The highest BCUT2D eigenvalue weighted by Crippen LogP contribution is 2.22. The van der Waals surface area contributed by atoms with Crippen LogP contribution in [0.4, 0.5) is 11.4 Å². The predicted molar refractivity (Wildman–Crippen MR) is 151 cm³/mol. The van der Waals surface area contributed by atoms with Crippen LogP contribution in [0.15, 0.2) is 48.5 Å². The van der Waals surface area contributed by atoms with Gasteiger partial charge in [0.15, 0.2) is 0 Å². The quantitative estimate of drug-likeness (QED) is 0.248. The molecule has 2 unspecified atom stereocenters. The summed E-state index contributed by atoms with van der Waals surface area (Å²) in [5, 5.41) is 5.95. The summed E-state index contributed by atoms with van der Waals surface area (Å²) in [5.41, 5.74) is 4.33. The lowest BCUT2D eigenvalue weighted by Crippen LogP contribution is -2.14. The summed E-state index contributed by atoms with van der Waals surface area (Å²) in [6.07, 6.45) is 4.32. The number of benzene rings is 2. The molecule has 2 rings (SSSR count). The van der Waals surface area contributed by atoms with Crippen LogP contribution in [0.1, 0.15) is 76.3 Å². The van der Waals surface area contributed by atoms with E-state index >= 15 is 0 Å². The molecule has 0 aliphatic carbocycles. The minimum Gasteiger partial charge on any atom is -0.325 e. The van der Waals surface area contributed by atoms with Crippen LogP contribution in [0.5, 0.6) is 0 Å². The molecule has 2 N–H and O–H groups in total. The van der Waals surface area contributed by atoms with Gasteiger partial charge in [0.2, 0.25) is 11.8 Å². The van der Waals surface area contributed by atoms with Crippen LogP contribution in [-0.4, -0.2) is 34.8 Å². The SMILES string of the molecule is CCC(C)c1ccc(NC(=O)CSCCCCSCC(=O)Nc2ccc(C(C)CC)cc2)cc1. The number of anilines is 2. The predicted octanol–water partition coefficient (Wildman–Crippen LogP) is 7.54. The molecule has 0 heterocycles. The number of hydrogen-bond donors (Lipinski definition) is 2. The lowest BCUT2D eigenvalue weighted by molar-refractivity contribution is -0.114. The molecule has 6 heteroatoms. The number of rotatable bonds is 15. The minimum atomic E-state index is 0.0459. The van der Waals surface area contributed by atoms with Gasteiger partial charge in [-0.25, -0.2) is 0 Å². The van der Waals surface area contributed by atoms with Gasteiger partial charge < -0.3 is 10.6 Å². The zero-order chi connectivity index (χ0) is 24.8. The van der Waals surface area contributed by atoms with Gasteiger partial charge >= 0.3 is 0 Å². The van der Waals surface area contributed by atoms with Crippen LogP contribution >= 0.6 is 23.5 Å². The van der Waals surface area contributed by atoms with Gasteiger partial charge in [0.05, 0.1) is 11.5 Å². The molecule has 0 aromatic heterocycles. The van der Waals surface area contributed by atoms with Crippen LogP contribution in [0.25, 0.3) is 0 Å². The van der Waals surface area contributed by atoms with E-state index in [1.807, 2.05) is 24.3 Å². The zero-order valence-corrected chi connectivity index (χ0v) is 22.7. The Balaban J connectivity index is 1.50. The number of amides is 2. The van der Waals surface area contributed by atoms with E-state index in [0.717, 1.165) is 48.6 Å². The van der Waals surface area contributed by atoms with E-state index in [1.54, 1.807) is 23.5 Å². The molecule has 2 aromatic carbocycles. The number of hydrogen-bond acceptors (Lipinski definition) is 4. The number of carbonyl (C=O) groups is 2. The minimum absolute atomic E-state index is 0.0459. The lowest BCUT2D eigenvalue weighted by Gasteiger charge is -2.10. The number of carbonyl (C=O) groups excluding carboxylic acids is 2. The van der Waals surface area contributed by atoms with E-state index in [1.165, 1.54) is 11.1 Å². The van der Waals surface area contributed by atoms with Gasteiger partial charge in [-0.3, -0.25) is 9.59 Å². The molecule has 0 radical (unpaired) electrons. The fraction of sp³-hybridized carbons (Fsp3) is 0.500. The van der Waals surface area contributed by atoms with Crippen LogP contribution in [0, 0.1) is 0 Å². The van der Waals surface area contributed by atoms with Crippen molar-refractivity contribution in [2.24, 2.45) is 0 Å². The second-order valence-corrected chi connectivity index (χ2v) is 11.0. The Kier molecular flexibility index (Phi) is 13.2. The molecule has 186 valence electrons. The van der Waals surface area contributed by atoms with Crippen molar-refractivity contribution in [3.8, 4) is 0 Å². The molecule has 2 atom stereocenters. The van der Waals surface area contributed by atoms with Gasteiger partial charge in [-0.15, -0.1) is 0 Å². The van der Waals surface area contributed by atoms with E-state index in [9.17, 15) is 9.59 Å². The molecule has 2 amide bonds. The monoisotopic (exact) mass is 500 g/mol. The first-order valence-corrected chi connectivity index (χ1v) is 14.7. The van der Waals surface area contributed by atoms with Crippen molar-refractivity contribution in [3.63, 3.8) is 0 Å². The molecule has 0 fully saturated rings.